The normalized spacial score (nSPS) is 11.4. The van der Waals surface area contributed by atoms with Gasteiger partial charge in [0.15, 0.2) is 0 Å². The van der Waals surface area contributed by atoms with Gasteiger partial charge in [0.1, 0.15) is 11.1 Å². The largest absolute Gasteiger partial charge is 0.469 e. The highest BCUT2D eigenvalue weighted by molar-refractivity contribution is 5.77. The summed E-state index contributed by atoms with van der Waals surface area (Å²) in [5.74, 6) is -2.06. The van der Waals surface area contributed by atoms with Crippen molar-refractivity contribution in [1.29, 1.82) is 0 Å². The Morgan fingerprint density at radius 2 is 0.949 bits per heavy atom. The summed E-state index contributed by atoms with van der Waals surface area (Å²) in [6.45, 7) is 5.13. The molecule has 39 heavy (non-hydrogen) atoms. The van der Waals surface area contributed by atoms with Crippen molar-refractivity contribution in [1.82, 2.24) is 5.32 Å². The van der Waals surface area contributed by atoms with Crippen molar-refractivity contribution in [3.05, 3.63) is 0 Å². The summed E-state index contributed by atoms with van der Waals surface area (Å²) in [6, 6.07) is 0. The maximum atomic E-state index is 12.9. The molecule has 0 saturated carbocycles. The van der Waals surface area contributed by atoms with Crippen molar-refractivity contribution in [3.8, 4) is 0 Å². The van der Waals surface area contributed by atoms with Crippen LogP contribution in [0.2, 0.25) is 0 Å². The Hall–Kier alpha value is -2.77. The van der Waals surface area contributed by atoms with Gasteiger partial charge in [-0.2, -0.15) is 0 Å². The summed E-state index contributed by atoms with van der Waals surface area (Å²) >= 11 is 0. The number of ether oxygens (including phenoxy) is 7. The van der Waals surface area contributed by atoms with Crippen LogP contribution in [0, 0.1) is 0 Å². The van der Waals surface area contributed by atoms with Gasteiger partial charge in [0.05, 0.1) is 80.2 Å². The van der Waals surface area contributed by atoms with E-state index in [1.54, 1.807) is 20.8 Å². The average molecular weight is 564 g/mol. The molecule has 13 nitrogen and oxygen atoms in total. The smallest absolute Gasteiger partial charge is 0.307 e. The van der Waals surface area contributed by atoms with Crippen LogP contribution in [0.1, 0.15) is 65.7 Å². The minimum absolute atomic E-state index is 0.00239. The molecule has 0 heterocycles. The summed E-state index contributed by atoms with van der Waals surface area (Å²) in [4.78, 5) is 59.1. The summed E-state index contributed by atoms with van der Waals surface area (Å²) in [7, 11) is 3.79. The fourth-order valence-electron chi connectivity index (χ4n) is 3.11. The molecular formula is C26H45NO12. The molecule has 13 heteroatoms. The molecule has 0 aliphatic carbocycles. The van der Waals surface area contributed by atoms with E-state index in [0.29, 0.717) is 12.8 Å². The molecule has 0 aromatic carbocycles. The van der Waals surface area contributed by atoms with Gasteiger partial charge in [-0.25, -0.2) is 0 Å². The second-order valence-corrected chi connectivity index (χ2v) is 9.76. The number of carbonyl (C=O) groups is 5. The Bertz CT molecular complexity index is 703. The second kappa shape index (κ2) is 20.2. The first-order valence-electron chi connectivity index (χ1n) is 12.8. The van der Waals surface area contributed by atoms with E-state index in [1.165, 1.54) is 21.3 Å². The molecule has 0 radical (unpaired) electrons. The van der Waals surface area contributed by atoms with Crippen LogP contribution in [0.3, 0.4) is 0 Å². The minimum Gasteiger partial charge on any atom is -0.469 e. The van der Waals surface area contributed by atoms with Crippen LogP contribution in [0.4, 0.5) is 0 Å². The van der Waals surface area contributed by atoms with Crippen molar-refractivity contribution in [2.24, 2.45) is 0 Å². The predicted octanol–water partition coefficient (Wildman–Crippen LogP) is 1.48. The molecule has 0 bridgehead atoms. The standard InChI is InChI=1S/C26H45NO12/c1-25(2,3)39-24(32)10-8-7-9-20(28)27-26(17-36-14-11-21(29)33-4,18-37-15-12-22(30)34-5)19-38-16-13-23(31)35-6/h7-19H2,1-6H3,(H,27,28). The topological polar surface area (TPSA) is 162 Å². The number of rotatable bonds is 21. The van der Waals surface area contributed by atoms with Crippen LogP contribution in [0.5, 0.6) is 0 Å². The fraction of sp³-hybridized carbons (Fsp3) is 0.808. The summed E-state index contributed by atoms with van der Waals surface area (Å²) in [5, 5.41) is 2.88. The SMILES string of the molecule is COC(=O)CCOCC(COCCC(=O)OC)(COCCC(=O)OC)NC(=O)CCCCC(=O)OC(C)(C)C. The Kier molecular flexibility index (Phi) is 18.7. The summed E-state index contributed by atoms with van der Waals surface area (Å²) < 4.78 is 36.1. The molecule has 0 saturated heterocycles. The van der Waals surface area contributed by atoms with Gasteiger partial charge in [0.2, 0.25) is 5.91 Å². The van der Waals surface area contributed by atoms with Crippen LogP contribution < -0.4 is 5.32 Å². The van der Waals surface area contributed by atoms with E-state index in [-0.39, 0.29) is 83.6 Å². The second-order valence-electron chi connectivity index (χ2n) is 9.76. The Morgan fingerprint density at radius 3 is 1.31 bits per heavy atom. The molecule has 0 aliphatic rings. The highest BCUT2D eigenvalue weighted by atomic mass is 16.6. The Balaban J connectivity index is 5.27. The van der Waals surface area contributed by atoms with Crippen molar-refractivity contribution in [2.45, 2.75) is 76.9 Å². The minimum atomic E-state index is -1.20. The van der Waals surface area contributed by atoms with E-state index in [1.807, 2.05) is 0 Å². The van der Waals surface area contributed by atoms with Crippen molar-refractivity contribution in [2.75, 3.05) is 61.0 Å². The van der Waals surface area contributed by atoms with E-state index < -0.39 is 29.0 Å². The molecule has 0 fully saturated rings. The van der Waals surface area contributed by atoms with Crippen LogP contribution in [0.25, 0.3) is 0 Å². The molecule has 0 rings (SSSR count). The summed E-state index contributed by atoms with van der Waals surface area (Å²) in [6.07, 6.45) is 1.16. The monoisotopic (exact) mass is 563 g/mol. The number of methoxy groups -OCH3 is 3. The molecule has 0 aromatic rings. The van der Waals surface area contributed by atoms with Crippen LogP contribution in [0.15, 0.2) is 0 Å². The lowest BCUT2D eigenvalue weighted by atomic mass is 10.0. The van der Waals surface area contributed by atoms with Gasteiger partial charge in [-0.05, 0) is 33.6 Å². The molecule has 1 N–H and O–H groups in total. The number of amides is 1. The first kappa shape index (κ1) is 36.2. The van der Waals surface area contributed by atoms with Gasteiger partial charge in [-0.3, -0.25) is 24.0 Å². The molecule has 226 valence electrons. The first-order valence-corrected chi connectivity index (χ1v) is 12.8. The van der Waals surface area contributed by atoms with E-state index in [0.717, 1.165) is 0 Å². The highest BCUT2D eigenvalue weighted by Gasteiger charge is 2.34. The number of unbranched alkanes of at least 4 members (excludes halogenated alkanes) is 1. The van der Waals surface area contributed by atoms with Gasteiger partial charge >= 0.3 is 23.9 Å². The Morgan fingerprint density at radius 1 is 0.564 bits per heavy atom. The maximum Gasteiger partial charge on any atom is 0.307 e. The molecule has 0 unspecified atom stereocenters. The Labute approximate surface area is 230 Å². The van der Waals surface area contributed by atoms with Gasteiger partial charge in [0.25, 0.3) is 0 Å². The molecule has 0 spiro atoms. The molecule has 0 aliphatic heterocycles. The van der Waals surface area contributed by atoms with Gasteiger partial charge in [0, 0.05) is 12.8 Å². The number of hydrogen-bond donors (Lipinski definition) is 1. The summed E-state index contributed by atoms with van der Waals surface area (Å²) in [5.41, 5.74) is -1.78. The lowest BCUT2D eigenvalue weighted by Crippen LogP contribution is -2.58. The first-order chi connectivity index (χ1) is 18.4. The van der Waals surface area contributed by atoms with Crippen molar-refractivity contribution < 1.29 is 57.1 Å². The number of hydrogen-bond acceptors (Lipinski definition) is 12. The molecule has 0 aromatic heterocycles. The van der Waals surface area contributed by atoms with Gasteiger partial charge in [-0.15, -0.1) is 0 Å². The number of nitrogens with one attached hydrogen (secondary N) is 1. The molecular weight excluding hydrogens is 518 g/mol. The van der Waals surface area contributed by atoms with Gasteiger partial charge < -0.3 is 38.5 Å². The third kappa shape index (κ3) is 19.9. The van der Waals surface area contributed by atoms with Crippen LogP contribution >= 0.6 is 0 Å². The third-order valence-electron chi connectivity index (χ3n) is 5.03. The fourth-order valence-corrected chi connectivity index (χ4v) is 3.11. The van der Waals surface area contributed by atoms with Crippen molar-refractivity contribution in [3.63, 3.8) is 0 Å². The lowest BCUT2D eigenvalue weighted by Gasteiger charge is -2.34. The highest BCUT2D eigenvalue weighted by Crippen LogP contribution is 2.13. The van der Waals surface area contributed by atoms with Crippen molar-refractivity contribution >= 4 is 29.8 Å². The van der Waals surface area contributed by atoms with E-state index in [4.69, 9.17) is 18.9 Å². The van der Waals surface area contributed by atoms with E-state index >= 15 is 0 Å². The zero-order valence-electron chi connectivity index (χ0n) is 24.1. The zero-order valence-corrected chi connectivity index (χ0v) is 24.1. The predicted molar refractivity (Wildman–Crippen MR) is 138 cm³/mol. The van der Waals surface area contributed by atoms with E-state index in [2.05, 4.69) is 19.5 Å². The lowest BCUT2D eigenvalue weighted by molar-refractivity contribution is -0.155. The third-order valence-corrected chi connectivity index (χ3v) is 5.03. The molecule has 0 atom stereocenters. The van der Waals surface area contributed by atoms with Crippen LogP contribution in [-0.4, -0.2) is 102 Å². The van der Waals surface area contributed by atoms with E-state index in [9.17, 15) is 24.0 Å². The maximum absolute atomic E-state index is 12.9. The number of esters is 4. The quantitative estimate of drug-likeness (QED) is 0.122. The average Bonchev–Trinajstić information content (AvgIpc) is 2.88. The van der Waals surface area contributed by atoms with Gasteiger partial charge in [-0.1, -0.05) is 0 Å². The van der Waals surface area contributed by atoms with Crippen LogP contribution in [-0.2, 0) is 57.1 Å². The molecule has 1 amide bonds. The zero-order chi connectivity index (χ0) is 29.7. The number of carbonyl (C=O) groups excluding carboxylic acids is 5.